The zero-order valence-electron chi connectivity index (χ0n) is 18.5. The molecule has 7 heteroatoms. The summed E-state index contributed by atoms with van der Waals surface area (Å²) >= 11 is 0. The van der Waals surface area contributed by atoms with Crippen molar-refractivity contribution >= 4 is 34.3 Å². The van der Waals surface area contributed by atoms with Gasteiger partial charge >= 0.3 is 0 Å². The number of fused-ring (bicyclic) bond motifs is 2. The number of amides is 3. The van der Waals surface area contributed by atoms with Gasteiger partial charge in [-0.3, -0.25) is 19.2 Å². The largest absolute Gasteiger partial charge is 0.345 e. The van der Waals surface area contributed by atoms with Crippen molar-refractivity contribution in [3.63, 3.8) is 0 Å². The molecule has 34 heavy (non-hydrogen) atoms. The van der Waals surface area contributed by atoms with E-state index in [1.807, 2.05) is 36.4 Å². The third-order valence-corrected chi connectivity index (χ3v) is 6.45. The van der Waals surface area contributed by atoms with Gasteiger partial charge in [0.05, 0.1) is 0 Å². The lowest BCUT2D eigenvalue weighted by molar-refractivity contribution is -0.126. The summed E-state index contributed by atoms with van der Waals surface area (Å²) in [4.78, 5) is 52.3. The Labute approximate surface area is 196 Å². The van der Waals surface area contributed by atoms with Gasteiger partial charge in [-0.15, -0.1) is 0 Å². The van der Waals surface area contributed by atoms with Gasteiger partial charge in [0, 0.05) is 29.9 Å². The molecule has 5 rings (SSSR count). The first-order valence-corrected chi connectivity index (χ1v) is 11.1. The summed E-state index contributed by atoms with van der Waals surface area (Å²) < 4.78 is 0. The van der Waals surface area contributed by atoms with Crippen molar-refractivity contribution in [3.05, 3.63) is 95.2 Å². The lowest BCUT2D eigenvalue weighted by atomic mass is 10.0. The number of hydrogen-bond donors (Lipinski definition) is 2. The van der Waals surface area contributed by atoms with Gasteiger partial charge in [-0.05, 0) is 46.9 Å². The van der Waals surface area contributed by atoms with Gasteiger partial charge in [0.25, 0.3) is 11.8 Å². The third-order valence-electron chi connectivity index (χ3n) is 6.45. The monoisotopic (exact) mass is 453 g/mol. The van der Waals surface area contributed by atoms with E-state index in [4.69, 9.17) is 0 Å². The Bertz CT molecular complexity index is 1380. The molecule has 1 unspecified atom stereocenters. The number of carbonyl (C=O) groups is 4. The second-order valence-corrected chi connectivity index (χ2v) is 8.60. The van der Waals surface area contributed by atoms with Crippen LogP contribution in [0.3, 0.4) is 0 Å². The first-order valence-electron chi connectivity index (χ1n) is 11.1. The number of benzene rings is 3. The van der Waals surface area contributed by atoms with E-state index in [1.54, 1.807) is 29.2 Å². The smallest absolute Gasteiger partial charge is 0.292 e. The van der Waals surface area contributed by atoms with Crippen molar-refractivity contribution in [2.24, 2.45) is 0 Å². The number of nitrogens with zero attached hydrogens (tertiary/aromatic N) is 1. The summed E-state index contributed by atoms with van der Waals surface area (Å²) in [5.41, 5.74) is 3.01. The number of rotatable bonds is 5. The molecule has 0 radical (unpaired) electrons. The van der Waals surface area contributed by atoms with Crippen molar-refractivity contribution in [1.29, 1.82) is 0 Å². The Morgan fingerprint density at radius 1 is 1.03 bits per heavy atom. The first kappa shape index (κ1) is 21.6. The second-order valence-electron chi connectivity index (χ2n) is 8.60. The van der Waals surface area contributed by atoms with Crippen LogP contribution >= 0.6 is 0 Å². The van der Waals surface area contributed by atoms with Crippen LogP contribution in [0.2, 0.25) is 0 Å². The molecule has 3 aromatic rings. The average molecular weight is 453 g/mol. The molecule has 3 aromatic carbocycles. The van der Waals surface area contributed by atoms with E-state index < -0.39 is 17.7 Å². The molecular formula is C27H23N3O4. The van der Waals surface area contributed by atoms with Gasteiger partial charge in [-0.2, -0.15) is 0 Å². The van der Waals surface area contributed by atoms with Crippen LogP contribution in [0, 0.1) is 0 Å². The van der Waals surface area contributed by atoms with Gasteiger partial charge in [-0.1, -0.05) is 55.1 Å². The highest BCUT2D eigenvalue weighted by Crippen LogP contribution is 2.30. The van der Waals surface area contributed by atoms with E-state index in [1.165, 1.54) is 0 Å². The summed E-state index contributed by atoms with van der Waals surface area (Å²) in [6.07, 6.45) is 1.15. The fourth-order valence-electron chi connectivity index (χ4n) is 4.61. The van der Waals surface area contributed by atoms with Crippen molar-refractivity contribution in [3.8, 4) is 0 Å². The SMILES string of the molecule is C=C1CCC(N2Cc3c(CNC(=O)C(=O)c4ccc5ccccc5c4)cccc3C2=O)C(=O)N1. The fraction of sp³-hybridized carbons (Fsp3) is 0.185. The van der Waals surface area contributed by atoms with Crippen LogP contribution in [-0.4, -0.2) is 34.4 Å². The number of piperidine rings is 1. The standard InChI is InChI=1S/C27H23N3O4/c1-16-9-12-23(25(32)29-16)30-15-22-20(7-4-8-21(22)27(30)34)14-28-26(33)24(31)19-11-10-17-5-2-3-6-18(17)13-19/h2-8,10-11,13,23H,1,9,12,14-15H2,(H,28,33)(H,29,32). The highest BCUT2D eigenvalue weighted by molar-refractivity contribution is 6.43. The summed E-state index contributed by atoms with van der Waals surface area (Å²) in [7, 11) is 0. The summed E-state index contributed by atoms with van der Waals surface area (Å²) in [5, 5.41) is 7.29. The minimum absolute atomic E-state index is 0.107. The molecule has 0 saturated carbocycles. The molecule has 170 valence electrons. The lowest BCUT2D eigenvalue weighted by Gasteiger charge is -2.31. The molecule has 7 nitrogen and oxygen atoms in total. The Hall–Kier alpha value is -4.26. The van der Waals surface area contributed by atoms with Crippen molar-refractivity contribution < 1.29 is 19.2 Å². The predicted molar refractivity (Wildman–Crippen MR) is 127 cm³/mol. The first-order chi connectivity index (χ1) is 16.4. The van der Waals surface area contributed by atoms with Gasteiger partial charge in [0.1, 0.15) is 6.04 Å². The normalized spacial score (nSPS) is 17.5. The van der Waals surface area contributed by atoms with Gasteiger partial charge in [0.15, 0.2) is 0 Å². The lowest BCUT2D eigenvalue weighted by Crippen LogP contribution is -2.49. The zero-order chi connectivity index (χ0) is 23.8. The second kappa shape index (κ2) is 8.59. The topological polar surface area (TPSA) is 95.6 Å². The van der Waals surface area contributed by atoms with Crippen LogP contribution in [0.4, 0.5) is 0 Å². The van der Waals surface area contributed by atoms with Crippen molar-refractivity contribution in [1.82, 2.24) is 15.5 Å². The minimum atomic E-state index is -0.709. The van der Waals surface area contributed by atoms with E-state index >= 15 is 0 Å². The number of allylic oxidation sites excluding steroid dienone is 1. The van der Waals surface area contributed by atoms with E-state index in [2.05, 4.69) is 17.2 Å². The highest BCUT2D eigenvalue weighted by atomic mass is 16.2. The molecule has 1 atom stereocenters. The number of ketones is 1. The Balaban J connectivity index is 1.30. The van der Waals surface area contributed by atoms with Crippen LogP contribution in [0.5, 0.6) is 0 Å². The minimum Gasteiger partial charge on any atom is -0.345 e. The quantitative estimate of drug-likeness (QED) is 0.458. The number of carbonyl (C=O) groups excluding carboxylic acids is 4. The van der Waals surface area contributed by atoms with E-state index in [0.717, 1.165) is 21.9 Å². The highest BCUT2D eigenvalue weighted by Gasteiger charge is 2.38. The molecule has 2 N–H and O–H groups in total. The Morgan fingerprint density at radius 3 is 2.62 bits per heavy atom. The summed E-state index contributed by atoms with van der Waals surface area (Å²) in [6.45, 7) is 4.18. The molecule has 2 aliphatic heterocycles. The molecule has 2 heterocycles. The number of Topliss-reactive ketones (excluding diaryl/α,β-unsaturated/α-hetero) is 1. The van der Waals surface area contributed by atoms with E-state index in [9.17, 15) is 19.2 Å². The van der Waals surface area contributed by atoms with E-state index in [-0.39, 0.29) is 24.9 Å². The third kappa shape index (κ3) is 3.85. The van der Waals surface area contributed by atoms with Gasteiger partial charge in [-0.25, -0.2) is 0 Å². The molecule has 1 saturated heterocycles. The predicted octanol–water partition coefficient (Wildman–Crippen LogP) is 3.09. The number of hydrogen-bond acceptors (Lipinski definition) is 4. The van der Waals surface area contributed by atoms with Crippen molar-refractivity contribution in [2.45, 2.75) is 32.0 Å². The van der Waals surface area contributed by atoms with Crippen LogP contribution in [0.25, 0.3) is 10.8 Å². The maximum absolute atomic E-state index is 13.0. The van der Waals surface area contributed by atoms with Crippen LogP contribution in [0.15, 0.2) is 72.9 Å². The van der Waals surface area contributed by atoms with Crippen molar-refractivity contribution in [2.75, 3.05) is 0 Å². The van der Waals surface area contributed by atoms with Gasteiger partial charge < -0.3 is 15.5 Å². The van der Waals surface area contributed by atoms with Crippen LogP contribution < -0.4 is 10.6 Å². The van der Waals surface area contributed by atoms with Gasteiger partial charge in [0.2, 0.25) is 11.7 Å². The van der Waals surface area contributed by atoms with E-state index in [0.29, 0.717) is 29.7 Å². The Morgan fingerprint density at radius 2 is 1.82 bits per heavy atom. The Kier molecular flexibility index (Phi) is 5.45. The fourth-order valence-corrected chi connectivity index (χ4v) is 4.61. The average Bonchev–Trinajstić information content (AvgIpc) is 3.18. The molecule has 3 amide bonds. The molecule has 0 bridgehead atoms. The number of nitrogens with one attached hydrogen (secondary N) is 2. The van der Waals surface area contributed by atoms with Crippen LogP contribution in [-0.2, 0) is 22.7 Å². The van der Waals surface area contributed by atoms with Crippen LogP contribution in [0.1, 0.15) is 44.7 Å². The molecule has 0 aliphatic carbocycles. The molecule has 2 aliphatic rings. The maximum atomic E-state index is 13.0. The maximum Gasteiger partial charge on any atom is 0.292 e. The molecule has 0 aromatic heterocycles. The molecular weight excluding hydrogens is 430 g/mol. The summed E-state index contributed by atoms with van der Waals surface area (Å²) in [6, 6.07) is 17.5. The molecule has 0 spiro atoms. The zero-order valence-corrected chi connectivity index (χ0v) is 18.5. The summed E-state index contributed by atoms with van der Waals surface area (Å²) in [5.74, 6) is -1.76. The molecule has 1 fully saturated rings.